The standard InChI is InChI=1S/C16H23N5O2/c1-12-14(11-18-20(12)3)15-13(5-10-23-15)16(22)19(2)8-9-21-7-4-6-17-21/h4,6-7,11,13,15H,5,8-10H2,1-3H3/t13-,15-/m0/s1. The summed E-state index contributed by atoms with van der Waals surface area (Å²) in [5.41, 5.74) is 2.07. The highest BCUT2D eigenvalue weighted by molar-refractivity contribution is 5.79. The Balaban J connectivity index is 1.66. The second-order valence-electron chi connectivity index (χ2n) is 6.02. The first-order valence-corrected chi connectivity index (χ1v) is 7.90. The van der Waals surface area contributed by atoms with Gasteiger partial charge in [0.1, 0.15) is 0 Å². The monoisotopic (exact) mass is 317 g/mol. The molecule has 0 aromatic carbocycles. The van der Waals surface area contributed by atoms with E-state index < -0.39 is 0 Å². The Morgan fingerprint density at radius 2 is 2.30 bits per heavy atom. The van der Waals surface area contributed by atoms with Gasteiger partial charge in [-0.3, -0.25) is 14.2 Å². The minimum absolute atomic E-state index is 0.128. The lowest BCUT2D eigenvalue weighted by atomic mass is 9.94. The van der Waals surface area contributed by atoms with Crippen LogP contribution in [0.3, 0.4) is 0 Å². The van der Waals surface area contributed by atoms with Crippen molar-refractivity contribution in [1.82, 2.24) is 24.5 Å². The summed E-state index contributed by atoms with van der Waals surface area (Å²) in [6, 6.07) is 1.88. The van der Waals surface area contributed by atoms with E-state index in [1.807, 2.05) is 48.8 Å². The summed E-state index contributed by atoms with van der Waals surface area (Å²) < 4.78 is 9.50. The third kappa shape index (κ3) is 3.14. The van der Waals surface area contributed by atoms with Crippen LogP contribution in [0.2, 0.25) is 0 Å². The molecule has 7 nitrogen and oxygen atoms in total. The number of hydrogen-bond donors (Lipinski definition) is 0. The first kappa shape index (κ1) is 15.7. The molecular weight excluding hydrogens is 294 g/mol. The number of nitrogens with zero attached hydrogens (tertiary/aromatic N) is 5. The second kappa shape index (κ2) is 6.54. The maximum atomic E-state index is 12.8. The van der Waals surface area contributed by atoms with Crippen molar-refractivity contribution in [2.24, 2.45) is 13.0 Å². The largest absolute Gasteiger partial charge is 0.373 e. The van der Waals surface area contributed by atoms with Crippen molar-refractivity contribution < 1.29 is 9.53 Å². The van der Waals surface area contributed by atoms with Gasteiger partial charge in [-0.15, -0.1) is 0 Å². The molecule has 0 spiro atoms. The summed E-state index contributed by atoms with van der Waals surface area (Å²) in [4.78, 5) is 14.6. The average molecular weight is 317 g/mol. The highest BCUT2D eigenvalue weighted by Crippen LogP contribution is 2.36. The lowest BCUT2D eigenvalue weighted by Crippen LogP contribution is -2.36. The minimum atomic E-state index is -0.191. The lowest BCUT2D eigenvalue weighted by Gasteiger charge is -2.24. The number of carbonyl (C=O) groups excluding carboxylic acids is 1. The third-order valence-electron chi connectivity index (χ3n) is 4.59. The number of amides is 1. The molecule has 0 aliphatic carbocycles. The summed E-state index contributed by atoms with van der Waals surface area (Å²) in [5, 5.41) is 8.43. The molecule has 0 N–H and O–H groups in total. The molecule has 3 heterocycles. The molecule has 1 aliphatic heterocycles. The van der Waals surface area contributed by atoms with Crippen molar-refractivity contribution in [3.63, 3.8) is 0 Å². The maximum absolute atomic E-state index is 12.8. The van der Waals surface area contributed by atoms with Crippen molar-refractivity contribution in [3.05, 3.63) is 35.9 Å². The number of likely N-dealkylation sites (N-methyl/N-ethyl adjacent to an activating group) is 1. The Morgan fingerprint density at radius 3 is 2.96 bits per heavy atom. The molecule has 2 aromatic heterocycles. The van der Waals surface area contributed by atoms with Gasteiger partial charge < -0.3 is 9.64 Å². The number of rotatable bonds is 5. The Morgan fingerprint density at radius 1 is 1.48 bits per heavy atom. The van der Waals surface area contributed by atoms with E-state index in [0.717, 1.165) is 17.7 Å². The number of aryl methyl sites for hydroxylation is 1. The fourth-order valence-electron chi connectivity index (χ4n) is 3.02. The number of ether oxygens (including phenoxy) is 1. The quantitative estimate of drug-likeness (QED) is 0.830. The van der Waals surface area contributed by atoms with Crippen LogP contribution in [0.4, 0.5) is 0 Å². The van der Waals surface area contributed by atoms with Gasteiger partial charge in [-0.2, -0.15) is 10.2 Å². The van der Waals surface area contributed by atoms with Gasteiger partial charge in [-0.25, -0.2) is 0 Å². The molecule has 1 saturated heterocycles. The van der Waals surface area contributed by atoms with Crippen LogP contribution in [0, 0.1) is 12.8 Å². The highest BCUT2D eigenvalue weighted by Gasteiger charge is 2.38. The van der Waals surface area contributed by atoms with Gasteiger partial charge in [-0.05, 0) is 19.4 Å². The van der Waals surface area contributed by atoms with Crippen molar-refractivity contribution in [1.29, 1.82) is 0 Å². The molecule has 0 saturated carbocycles. The van der Waals surface area contributed by atoms with E-state index in [2.05, 4.69) is 10.2 Å². The van der Waals surface area contributed by atoms with E-state index in [4.69, 9.17) is 4.74 Å². The fourth-order valence-corrected chi connectivity index (χ4v) is 3.02. The lowest BCUT2D eigenvalue weighted by molar-refractivity contribution is -0.136. The van der Waals surface area contributed by atoms with Gasteiger partial charge in [0.15, 0.2) is 0 Å². The predicted molar refractivity (Wildman–Crippen MR) is 84.6 cm³/mol. The van der Waals surface area contributed by atoms with E-state index in [0.29, 0.717) is 19.7 Å². The average Bonchev–Trinajstić information content (AvgIpc) is 3.27. The number of hydrogen-bond acceptors (Lipinski definition) is 4. The van der Waals surface area contributed by atoms with Crippen LogP contribution in [0.15, 0.2) is 24.7 Å². The zero-order valence-corrected chi connectivity index (χ0v) is 13.8. The summed E-state index contributed by atoms with van der Waals surface area (Å²) >= 11 is 0. The molecule has 3 rings (SSSR count). The molecule has 7 heteroatoms. The van der Waals surface area contributed by atoms with Crippen LogP contribution < -0.4 is 0 Å². The van der Waals surface area contributed by atoms with Crippen molar-refractivity contribution in [2.45, 2.75) is 26.0 Å². The molecule has 2 aromatic rings. The summed E-state index contributed by atoms with van der Waals surface area (Å²) in [7, 11) is 3.75. The van der Waals surface area contributed by atoms with Crippen LogP contribution in [0.1, 0.15) is 23.8 Å². The Kier molecular flexibility index (Phi) is 4.47. The number of carbonyl (C=O) groups is 1. The molecule has 2 atom stereocenters. The second-order valence-corrected chi connectivity index (χ2v) is 6.02. The van der Waals surface area contributed by atoms with Crippen molar-refractivity contribution in [3.8, 4) is 0 Å². The molecule has 1 amide bonds. The zero-order chi connectivity index (χ0) is 16.4. The zero-order valence-electron chi connectivity index (χ0n) is 13.8. The van der Waals surface area contributed by atoms with Crippen LogP contribution in [0.5, 0.6) is 0 Å². The first-order valence-electron chi connectivity index (χ1n) is 7.90. The van der Waals surface area contributed by atoms with Crippen LogP contribution in [0.25, 0.3) is 0 Å². The summed E-state index contributed by atoms with van der Waals surface area (Å²) in [6.07, 6.45) is 6.02. The normalized spacial score (nSPS) is 20.8. The van der Waals surface area contributed by atoms with Gasteiger partial charge >= 0.3 is 0 Å². The summed E-state index contributed by atoms with van der Waals surface area (Å²) in [5.74, 6) is -0.0107. The molecule has 1 fully saturated rings. The first-order chi connectivity index (χ1) is 11.1. The Hall–Kier alpha value is -2.15. The maximum Gasteiger partial charge on any atom is 0.228 e. The molecule has 0 radical (unpaired) electrons. The van der Waals surface area contributed by atoms with E-state index in [1.54, 1.807) is 11.1 Å². The van der Waals surface area contributed by atoms with Crippen molar-refractivity contribution in [2.75, 3.05) is 20.2 Å². The molecule has 0 bridgehead atoms. The fraction of sp³-hybridized carbons (Fsp3) is 0.562. The Labute approximate surface area is 135 Å². The van der Waals surface area contributed by atoms with Gasteiger partial charge in [-0.1, -0.05) is 0 Å². The molecule has 124 valence electrons. The highest BCUT2D eigenvalue weighted by atomic mass is 16.5. The van der Waals surface area contributed by atoms with Gasteiger partial charge in [0.05, 0.1) is 24.8 Å². The van der Waals surface area contributed by atoms with E-state index >= 15 is 0 Å². The van der Waals surface area contributed by atoms with Crippen LogP contribution >= 0.6 is 0 Å². The minimum Gasteiger partial charge on any atom is -0.373 e. The van der Waals surface area contributed by atoms with Gasteiger partial charge in [0.25, 0.3) is 0 Å². The summed E-state index contributed by atoms with van der Waals surface area (Å²) in [6.45, 7) is 3.95. The topological polar surface area (TPSA) is 65.2 Å². The molecule has 0 unspecified atom stereocenters. The smallest absolute Gasteiger partial charge is 0.228 e. The molecular formula is C16H23N5O2. The molecule has 1 aliphatic rings. The number of aromatic nitrogens is 4. The van der Waals surface area contributed by atoms with Crippen LogP contribution in [-0.4, -0.2) is 50.6 Å². The van der Waals surface area contributed by atoms with E-state index in [9.17, 15) is 4.79 Å². The SMILES string of the molecule is Cc1c([C@H]2OCC[C@@H]2C(=O)N(C)CCn2cccn2)cnn1C. The van der Waals surface area contributed by atoms with Gasteiger partial charge in [0.2, 0.25) is 5.91 Å². The van der Waals surface area contributed by atoms with E-state index in [1.165, 1.54) is 0 Å². The molecule has 23 heavy (non-hydrogen) atoms. The predicted octanol–water partition coefficient (Wildman–Crippen LogP) is 1.16. The van der Waals surface area contributed by atoms with Crippen molar-refractivity contribution >= 4 is 5.91 Å². The third-order valence-corrected chi connectivity index (χ3v) is 4.59. The van der Waals surface area contributed by atoms with Crippen LogP contribution in [-0.2, 0) is 23.1 Å². The van der Waals surface area contributed by atoms with Gasteiger partial charge in [0, 0.05) is 50.9 Å². The Bertz CT molecular complexity index is 664. The van der Waals surface area contributed by atoms with E-state index in [-0.39, 0.29) is 17.9 Å².